The van der Waals surface area contributed by atoms with Crippen LogP contribution in [-0.4, -0.2) is 12.4 Å². The maximum Gasteiger partial charge on any atom is 0.170 e. The Morgan fingerprint density at radius 2 is 2.23 bits per heavy atom. The van der Waals surface area contributed by atoms with Crippen molar-refractivity contribution in [3.05, 3.63) is 28.5 Å². The first-order valence-corrected chi connectivity index (χ1v) is 4.21. The molecule has 1 aliphatic rings. The van der Waals surface area contributed by atoms with Crippen molar-refractivity contribution in [2.75, 3.05) is 6.61 Å². The molecule has 0 N–H and O–H groups in total. The number of benzene rings is 1. The van der Waals surface area contributed by atoms with E-state index in [1.165, 1.54) is 0 Å². The molecule has 0 fully saturated rings. The highest BCUT2D eigenvalue weighted by atomic mass is 35.5. The Hall–Kier alpha value is -1.09. The number of fused-ring (bicyclic) bond motifs is 1. The molecule has 0 bridgehead atoms. The number of Topliss-reactive ketones (excluding diaryl/α,β-unsaturated/α-hetero) is 1. The first kappa shape index (κ1) is 8.51. The standard InChI is InChI=1S/C9H6ClFO2/c10-7-4-5(11)3-6-8(12)1-2-13-9(6)7/h3-4H,1-2H2. The molecule has 0 saturated carbocycles. The molecule has 2 nitrogen and oxygen atoms in total. The first-order chi connectivity index (χ1) is 6.18. The number of hydrogen-bond acceptors (Lipinski definition) is 2. The summed E-state index contributed by atoms with van der Waals surface area (Å²) in [5, 5.41) is 0.156. The molecule has 4 heteroatoms. The monoisotopic (exact) mass is 200 g/mol. The number of rotatable bonds is 0. The fourth-order valence-corrected chi connectivity index (χ4v) is 1.56. The van der Waals surface area contributed by atoms with Crippen LogP contribution in [0, 0.1) is 5.82 Å². The quantitative estimate of drug-likeness (QED) is 0.643. The highest BCUT2D eigenvalue weighted by Crippen LogP contribution is 2.33. The van der Waals surface area contributed by atoms with Gasteiger partial charge in [-0.05, 0) is 12.1 Å². The molecule has 0 aromatic heterocycles. The lowest BCUT2D eigenvalue weighted by Crippen LogP contribution is -2.15. The Balaban J connectivity index is 2.63. The van der Waals surface area contributed by atoms with Crippen molar-refractivity contribution >= 4 is 17.4 Å². The van der Waals surface area contributed by atoms with Crippen molar-refractivity contribution in [3.63, 3.8) is 0 Å². The Labute approximate surface area is 79.3 Å². The minimum atomic E-state index is -0.511. The molecule has 68 valence electrons. The molecule has 0 atom stereocenters. The molecule has 1 aliphatic heterocycles. The number of carbonyl (C=O) groups is 1. The molecule has 0 aliphatic carbocycles. The lowest BCUT2D eigenvalue weighted by molar-refractivity contribution is 0.0933. The van der Waals surface area contributed by atoms with Crippen molar-refractivity contribution < 1.29 is 13.9 Å². The van der Waals surface area contributed by atoms with Crippen molar-refractivity contribution in [2.24, 2.45) is 0 Å². The van der Waals surface area contributed by atoms with Crippen LogP contribution in [0.3, 0.4) is 0 Å². The van der Waals surface area contributed by atoms with Gasteiger partial charge in [0.15, 0.2) is 5.78 Å². The summed E-state index contributed by atoms with van der Waals surface area (Å²) in [6.45, 7) is 0.317. The van der Waals surface area contributed by atoms with Crippen molar-refractivity contribution in [2.45, 2.75) is 6.42 Å². The van der Waals surface area contributed by atoms with Gasteiger partial charge in [0.25, 0.3) is 0 Å². The summed E-state index contributed by atoms with van der Waals surface area (Å²) < 4.78 is 18.0. The Morgan fingerprint density at radius 3 is 3.00 bits per heavy atom. The number of ether oxygens (including phenoxy) is 1. The highest BCUT2D eigenvalue weighted by molar-refractivity contribution is 6.32. The molecule has 0 radical (unpaired) electrons. The fourth-order valence-electron chi connectivity index (χ4n) is 1.29. The van der Waals surface area contributed by atoms with Crippen LogP contribution in [0.5, 0.6) is 5.75 Å². The Morgan fingerprint density at radius 1 is 1.46 bits per heavy atom. The van der Waals surface area contributed by atoms with E-state index in [1.807, 2.05) is 0 Å². The van der Waals surface area contributed by atoms with E-state index in [-0.39, 0.29) is 22.8 Å². The second-order valence-electron chi connectivity index (χ2n) is 2.79. The predicted octanol–water partition coefficient (Wildman–Crippen LogP) is 2.44. The number of ketones is 1. The molecule has 13 heavy (non-hydrogen) atoms. The minimum absolute atomic E-state index is 0.123. The molecule has 1 aromatic rings. The van der Waals surface area contributed by atoms with Crippen LogP contribution in [0.2, 0.25) is 5.02 Å². The third-order valence-corrected chi connectivity index (χ3v) is 2.17. The summed E-state index contributed by atoms with van der Waals surface area (Å²) in [5.74, 6) is -0.329. The van der Waals surface area contributed by atoms with Gasteiger partial charge in [-0.1, -0.05) is 11.6 Å². The number of halogens is 2. The van der Waals surface area contributed by atoms with Gasteiger partial charge in [-0.3, -0.25) is 4.79 Å². The lowest BCUT2D eigenvalue weighted by Gasteiger charge is -2.16. The normalized spacial score (nSPS) is 15.1. The zero-order valence-corrected chi connectivity index (χ0v) is 7.40. The zero-order valence-electron chi connectivity index (χ0n) is 6.64. The zero-order chi connectivity index (χ0) is 9.42. The number of hydrogen-bond donors (Lipinski definition) is 0. The van der Waals surface area contributed by atoms with Gasteiger partial charge >= 0.3 is 0 Å². The van der Waals surface area contributed by atoms with E-state index in [1.54, 1.807) is 0 Å². The first-order valence-electron chi connectivity index (χ1n) is 3.83. The van der Waals surface area contributed by atoms with Crippen LogP contribution in [0.15, 0.2) is 12.1 Å². The molecule has 0 saturated heterocycles. The molecule has 1 heterocycles. The van der Waals surface area contributed by atoms with E-state index in [9.17, 15) is 9.18 Å². The molecule has 1 aromatic carbocycles. The summed E-state index contributed by atoms with van der Waals surface area (Å²) in [5.41, 5.74) is 0.247. The average Bonchev–Trinajstić information content (AvgIpc) is 2.07. The van der Waals surface area contributed by atoms with E-state index in [0.29, 0.717) is 12.4 Å². The second-order valence-corrected chi connectivity index (χ2v) is 3.19. The third kappa shape index (κ3) is 1.40. The Bertz CT molecular complexity index is 376. The van der Waals surface area contributed by atoms with Crippen LogP contribution >= 0.6 is 11.6 Å². The van der Waals surface area contributed by atoms with Crippen molar-refractivity contribution in [1.82, 2.24) is 0 Å². The maximum atomic E-state index is 12.8. The van der Waals surface area contributed by atoms with Gasteiger partial charge in [0.1, 0.15) is 11.6 Å². The SMILES string of the molecule is O=C1CCOc2c(Cl)cc(F)cc21. The van der Waals surface area contributed by atoms with Gasteiger partial charge in [-0.25, -0.2) is 4.39 Å². The van der Waals surface area contributed by atoms with Crippen LogP contribution in [0.25, 0.3) is 0 Å². The fraction of sp³-hybridized carbons (Fsp3) is 0.222. The average molecular weight is 201 g/mol. The predicted molar refractivity (Wildman–Crippen MR) is 45.9 cm³/mol. The maximum absolute atomic E-state index is 12.8. The molecule has 0 unspecified atom stereocenters. The topological polar surface area (TPSA) is 26.3 Å². The minimum Gasteiger partial charge on any atom is -0.491 e. The lowest BCUT2D eigenvalue weighted by atomic mass is 10.1. The summed E-state index contributed by atoms with van der Waals surface area (Å²) >= 11 is 5.70. The van der Waals surface area contributed by atoms with Crippen LogP contribution < -0.4 is 4.74 Å². The van der Waals surface area contributed by atoms with Crippen LogP contribution in [-0.2, 0) is 0 Å². The molecular formula is C9H6ClFO2. The third-order valence-electron chi connectivity index (χ3n) is 1.88. The molecule has 0 spiro atoms. The van der Waals surface area contributed by atoms with Crippen LogP contribution in [0.4, 0.5) is 4.39 Å². The Kier molecular flexibility index (Phi) is 1.96. The van der Waals surface area contributed by atoms with E-state index in [4.69, 9.17) is 16.3 Å². The van der Waals surface area contributed by atoms with Gasteiger partial charge in [-0.15, -0.1) is 0 Å². The van der Waals surface area contributed by atoms with Crippen molar-refractivity contribution in [3.8, 4) is 5.75 Å². The van der Waals surface area contributed by atoms with E-state index >= 15 is 0 Å². The molecular weight excluding hydrogens is 195 g/mol. The van der Waals surface area contributed by atoms with Gasteiger partial charge in [0.2, 0.25) is 0 Å². The van der Waals surface area contributed by atoms with Gasteiger partial charge in [0.05, 0.1) is 17.2 Å². The number of carbonyl (C=O) groups excluding carboxylic acids is 1. The van der Waals surface area contributed by atoms with Gasteiger partial charge in [-0.2, -0.15) is 0 Å². The van der Waals surface area contributed by atoms with E-state index in [0.717, 1.165) is 12.1 Å². The van der Waals surface area contributed by atoms with Crippen LogP contribution in [0.1, 0.15) is 16.8 Å². The molecule has 0 amide bonds. The smallest absolute Gasteiger partial charge is 0.170 e. The summed E-state index contributed by atoms with van der Waals surface area (Å²) in [6.07, 6.45) is 0.285. The summed E-state index contributed by atoms with van der Waals surface area (Å²) in [6, 6.07) is 2.29. The molecule has 2 rings (SSSR count). The largest absolute Gasteiger partial charge is 0.491 e. The van der Waals surface area contributed by atoms with Gasteiger partial charge < -0.3 is 4.74 Å². The second kappa shape index (κ2) is 3.00. The van der Waals surface area contributed by atoms with E-state index < -0.39 is 5.82 Å². The van der Waals surface area contributed by atoms with E-state index in [2.05, 4.69) is 0 Å². The van der Waals surface area contributed by atoms with Crippen molar-refractivity contribution in [1.29, 1.82) is 0 Å². The summed E-state index contributed by atoms with van der Waals surface area (Å²) in [4.78, 5) is 11.3. The van der Waals surface area contributed by atoms with Gasteiger partial charge in [0, 0.05) is 6.42 Å². The summed E-state index contributed by atoms with van der Waals surface area (Å²) in [7, 11) is 0. The highest BCUT2D eigenvalue weighted by Gasteiger charge is 2.21.